The minimum absolute atomic E-state index is 0.193. The van der Waals surface area contributed by atoms with E-state index in [4.69, 9.17) is 4.74 Å². The Kier molecular flexibility index (Phi) is 8.24. The van der Waals surface area contributed by atoms with Crippen molar-refractivity contribution in [1.82, 2.24) is 9.88 Å². The predicted octanol–water partition coefficient (Wildman–Crippen LogP) is 5.00. The normalized spacial score (nSPS) is 16.1. The number of carbonyl (C=O) groups is 1. The molecule has 3 aromatic rings. The molecule has 1 aliphatic heterocycles. The first-order chi connectivity index (χ1) is 18.1. The predicted molar refractivity (Wildman–Crippen MR) is 136 cm³/mol. The Morgan fingerprint density at radius 3 is 2.50 bits per heavy atom. The number of likely N-dealkylation sites (tertiary alicyclic amines) is 1. The van der Waals surface area contributed by atoms with Gasteiger partial charge in [0, 0.05) is 36.8 Å². The van der Waals surface area contributed by atoms with Crippen molar-refractivity contribution in [2.75, 3.05) is 26.7 Å². The Morgan fingerprint density at radius 1 is 1.18 bits per heavy atom. The number of halogens is 3. The summed E-state index contributed by atoms with van der Waals surface area (Å²) < 4.78 is 46.0. The molecule has 0 saturated carbocycles. The lowest BCUT2D eigenvalue weighted by Gasteiger charge is -2.38. The molecule has 6 nitrogen and oxygen atoms in total. The standard InChI is InChI=1S/C29H29F3N2O4/c1-18-17-33-25-6-5-20(38-2)16-22(25)27(18)26(35)7-8-29(28(36)37)9-12-34(13-10-29)11-3-4-21-23(31)14-19(30)15-24(21)32/h5-6,14-17,26,35H,7-13H2,1-2H3,(H,36,37). The van der Waals surface area contributed by atoms with Crippen molar-refractivity contribution in [3.05, 3.63) is 70.7 Å². The van der Waals surface area contributed by atoms with E-state index in [2.05, 4.69) is 16.8 Å². The number of piperidine rings is 1. The van der Waals surface area contributed by atoms with E-state index in [9.17, 15) is 28.2 Å². The third kappa shape index (κ3) is 5.77. The molecule has 1 aromatic heterocycles. The minimum atomic E-state index is -1.06. The lowest BCUT2D eigenvalue weighted by molar-refractivity contribution is -0.153. The Balaban J connectivity index is 1.42. The van der Waals surface area contributed by atoms with Gasteiger partial charge in [0.15, 0.2) is 0 Å². The molecule has 1 fully saturated rings. The number of pyridine rings is 1. The molecule has 9 heteroatoms. The maximum atomic E-state index is 13.8. The first-order valence-corrected chi connectivity index (χ1v) is 12.3. The SMILES string of the molecule is COc1ccc2ncc(C)c(C(O)CCC3(C(=O)O)CCN(CC#Cc4c(F)cc(F)cc4F)CC3)c2c1. The lowest BCUT2D eigenvalue weighted by Crippen LogP contribution is -2.44. The topological polar surface area (TPSA) is 82.9 Å². The highest BCUT2D eigenvalue weighted by molar-refractivity contribution is 5.85. The molecule has 2 N–H and O–H groups in total. The van der Waals surface area contributed by atoms with Crippen molar-refractivity contribution in [2.24, 2.45) is 5.41 Å². The number of aryl methyl sites for hydroxylation is 1. The Bertz CT molecular complexity index is 1390. The van der Waals surface area contributed by atoms with E-state index in [1.807, 2.05) is 24.0 Å². The number of aromatic nitrogens is 1. The van der Waals surface area contributed by atoms with Gasteiger partial charge in [0.1, 0.15) is 23.2 Å². The molecular formula is C29H29F3N2O4. The molecular weight excluding hydrogens is 497 g/mol. The van der Waals surface area contributed by atoms with Gasteiger partial charge in [-0.25, -0.2) is 13.2 Å². The number of hydrogen-bond donors (Lipinski definition) is 2. The van der Waals surface area contributed by atoms with Crippen molar-refractivity contribution in [2.45, 2.75) is 38.7 Å². The number of methoxy groups -OCH3 is 1. The Labute approximate surface area is 219 Å². The number of benzene rings is 2. The number of carboxylic acid groups (broad SMARTS) is 1. The first kappa shape index (κ1) is 27.4. The van der Waals surface area contributed by atoms with Crippen molar-refractivity contribution in [3.8, 4) is 17.6 Å². The van der Waals surface area contributed by atoms with Crippen LogP contribution in [0.1, 0.15) is 48.5 Å². The van der Waals surface area contributed by atoms with Crippen LogP contribution in [0.4, 0.5) is 13.2 Å². The zero-order chi connectivity index (χ0) is 27.4. The van der Waals surface area contributed by atoms with Gasteiger partial charge in [-0.2, -0.15) is 0 Å². The average molecular weight is 527 g/mol. The second kappa shape index (κ2) is 11.4. The summed E-state index contributed by atoms with van der Waals surface area (Å²) in [4.78, 5) is 18.7. The summed E-state index contributed by atoms with van der Waals surface area (Å²) in [6, 6.07) is 6.60. The van der Waals surface area contributed by atoms with Crippen molar-refractivity contribution >= 4 is 16.9 Å². The van der Waals surface area contributed by atoms with E-state index in [0.29, 0.717) is 54.9 Å². The highest BCUT2D eigenvalue weighted by atomic mass is 19.1. The van der Waals surface area contributed by atoms with Crippen molar-refractivity contribution in [3.63, 3.8) is 0 Å². The lowest BCUT2D eigenvalue weighted by atomic mass is 9.74. The molecule has 1 saturated heterocycles. The van der Waals surface area contributed by atoms with Crippen LogP contribution in [-0.4, -0.2) is 52.8 Å². The van der Waals surface area contributed by atoms with Crippen LogP contribution in [0.3, 0.4) is 0 Å². The van der Waals surface area contributed by atoms with E-state index in [1.54, 1.807) is 19.4 Å². The van der Waals surface area contributed by atoms with Gasteiger partial charge >= 0.3 is 5.97 Å². The summed E-state index contributed by atoms with van der Waals surface area (Å²) in [5, 5.41) is 22.0. The van der Waals surface area contributed by atoms with E-state index in [-0.39, 0.29) is 19.4 Å². The Morgan fingerprint density at radius 2 is 1.87 bits per heavy atom. The smallest absolute Gasteiger partial charge is 0.309 e. The van der Waals surface area contributed by atoms with Crippen LogP contribution < -0.4 is 4.74 Å². The number of hydrogen-bond acceptors (Lipinski definition) is 5. The minimum Gasteiger partial charge on any atom is -0.497 e. The highest BCUT2D eigenvalue weighted by Gasteiger charge is 2.41. The van der Waals surface area contributed by atoms with Crippen molar-refractivity contribution in [1.29, 1.82) is 0 Å². The number of aliphatic hydroxyl groups excluding tert-OH is 1. The van der Waals surface area contributed by atoms with Crippen LogP contribution in [0.2, 0.25) is 0 Å². The number of fused-ring (bicyclic) bond motifs is 1. The molecule has 38 heavy (non-hydrogen) atoms. The summed E-state index contributed by atoms with van der Waals surface area (Å²) in [6.07, 6.45) is 2.05. The molecule has 0 spiro atoms. The molecule has 1 aliphatic rings. The van der Waals surface area contributed by atoms with Gasteiger partial charge < -0.3 is 14.9 Å². The average Bonchev–Trinajstić information content (AvgIpc) is 2.89. The molecule has 2 aromatic carbocycles. The monoisotopic (exact) mass is 526 g/mol. The summed E-state index contributed by atoms with van der Waals surface area (Å²) in [7, 11) is 1.56. The second-order valence-corrected chi connectivity index (χ2v) is 9.70. The van der Waals surface area contributed by atoms with Gasteiger partial charge in [0.05, 0.1) is 36.3 Å². The number of nitrogens with zero attached hydrogens (tertiary/aromatic N) is 2. The fourth-order valence-corrected chi connectivity index (χ4v) is 5.03. The molecule has 0 amide bonds. The summed E-state index contributed by atoms with van der Waals surface area (Å²) >= 11 is 0. The van der Waals surface area contributed by atoms with Gasteiger partial charge in [-0.3, -0.25) is 14.7 Å². The maximum Gasteiger partial charge on any atom is 0.309 e. The van der Waals surface area contributed by atoms with Gasteiger partial charge in [-0.15, -0.1) is 0 Å². The van der Waals surface area contributed by atoms with Gasteiger partial charge in [-0.1, -0.05) is 11.8 Å². The highest BCUT2D eigenvalue weighted by Crippen LogP contribution is 2.40. The molecule has 1 unspecified atom stereocenters. The fourth-order valence-electron chi connectivity index (χ4n) is 5.03. The first-order valence-electron chi connectivity index (χ1n) is 12.3. The molecule has 4 rings (SSSR count). The number of ether oxygens (including phenoxy) is 1. The van der Waals surface area contributed by atoms with Gasteiger partial charge in [0.2, 0.25) is 0 Å². The van der Waals surface area contributed by atoms with Crippen LogP contribution in [0.5, 0.6) is 5.75 Å². The van der Waals surface area contributed by atoms with Gasteiger partial charge in [0.25, 0.3) is 0 Å². The van der Waals surface area contributed by atoms with E-state index < -0.39 is 40.5 Å². The third-order valence-electron chi connectivity index (χ3n) is 7.34. The van der Waals surface area contributed by atoms with Gasteiger partial charge in [-0.05, 0) is 61.9 Å². The molecule has 0 bridgehead atoms. The van der Waals surface area contributed by atoms with Crippen LogP contribution in [0, 0.1) is 41.6 Å². The van der Waals surface area contributed by atoms with E-state index in [1.165, 1.54) is 0 Å². The van der Waals surface area contributed by atoms with Crippen LogP contribution in [-0.2, 0) is 4.79 Å². The molecule has 200 valence electrons. The maximum absolute atomic E-state index is 13.8. The third-order valence-corrected chi connectivity index (χ3v) is 7.34. The zero-order valence-electron chi connectivity index (χ0n) is 21.2. The van der Waals surface area contributed by atoms with E-state index >= 15 is 0 Å². The van der Waals surface area contributed by atoms with Crippen molar-refractivity contribution < 1.29 is 32.9 Å². The van der Waals surface area contributed by atoms with Crippen LogP contribution in [0.15, 0.2) is 36.5 Å². The van der Waals surface area contributed by atoms with Crippen LogP contribution >= 0.6 is 0 Å². The largest absolute Gasteiger partial charge is 0.497 e. The molecule has 0 radical (unpaired) electrons. The summed E-state index contributed by atoms with van der Waals surface area (Å²) in [6.45, 7) is 2.92. The zero-order valence-corrected chi connectivity index (χ0v) is 21.2. The number of carboxylic acids is 1. The second-order valence-electron chi connectivity index (χ2n) is 9.70. The molecule has 2 heterocycles. The fraction of sp³-hybridized carbons (Fsp3) is 0.379. The van der Waals surface area contributed by atoms with E-state index in [0.717, 1.165) is 10.9 Å². The summed E-state index contributed by atoms with van der Waals surface area (Å²) in [5.41, 5.74) is 0.739. The number of aliphatic carboxylic acids is 1. The number of aliphatic hydroxyl groups is 1. The number of rotatable bonds is 7. The Hall–Kier alpha value is -3.61. The van der Waals surface area contributed by atoms with Crippen LogP contribution in [0.25, 0.3) is 10.9 Å². The quantitative estimate of drug-likeness (QED) is 0.422. The molecule has 0 aliphatic carbocycles. The molecule has 1 atom stereocenters. The summed E-state index contributed by atoms with van der Waals surface area (Å²) in [5.74, 6) is 1.71.